The van der Waals surface area contributed by atoms with Gasteiger partial charge in [0.2, 0.25) is 11.8 Å². The fourth-order valence-electron chi connectivity index (χ4n) is 3.86. The number of nitrogens with zero attached hydrogens (tertiary/aromatic N) is 3. The number of allylic oxidation sites excluding steroid dienone is 2. The Balaban J connectivity index is 1.37. The number of carbonyl (C=O) groups is 2. The number of sulfonamides is 1. The van der Waals surface area contributed by atoms with E-state index in [-0.39, 0.29) is 30.3 Å². The molecule has 26 heavy (non-hydrogen) atoms. The van der Waals surface area contributed by atoms with Gasteiger partial charge < -0.3 is 0 Å². The summed E-state index contributed by atoms with van der Waals surface area (Å²) in [5.74, 6) is -0.600. The number of hydrogen-bond acceptors (Lipinski definition) is 6. The molecule has 3 heterocycles. The molecule has 4 rings (SSSR count). The third-order valence-electron chi connectivity index (χ3n) is 5.36. The molecule has 1 aromatic heterocycles. The average molecular weight is 396 g/mol. The number of imide groups is 1. The fourth-order valence-corrected chi connectivity index (χ4v) is 6.42. The smallest absolute Gasteiger partial charge is 0.252 e. The van der Waals surface area contributed by atoms with Gasteiger partial charge in [-0.15, -0.1) is 11.3 Å². The largest absolute Gasteiger partial charge is 0.283 e. The van der Waals surface area contributed by atoms with Crippen LogP contribution in [0.1, 0.15) is 12.8 Å². The standard InChI is InChI=1S/C17H21N3O4S2/c21-16-13-4-1-2-5-14(13)17(22)20(16)12-18-7-9-19(10-8-18)26(23,24)15-6-3-11-25-15/h1-3,6,11,13-14H,4-5,7-10,12H2/t13-,14-/m1/s1. The molecule has 2 aliphatic heterocycles. The Hall–Kier alpha value is -1.55. The monoisotopic (exact) mass is 395 g/mol. The molecule has 7 nitrogen and oxygen atoms in total. The molecule has 140 valence electrons. The summed E-state index contributed by atoms with van der Waals surface area (Å²) >= 11 is 1.22. The molecular formula is C17H21N3O4S2. The quantitative estimate of drug-likeness (QED) is 0.561. The van der Waals surface area contributed by atoms with Gasteiger partial charge in [-0.2, -0.15) is 4.31 Å². The van der Waals surface area contributed by atoms with Crippen LogP contribution in [-0.2, 0) is 19.6 Å². The number of carbonyl (C=O) groups excluding carboxylic acids is 2. The van der Waals surface area contributed by atoms with Crippen LogP contribution < -0.4 is 0 Å². The summed E-state index contributed by atoms with van der Waals surface area (Å²) < 4.78 is 27.0. The molecule has 0 aromatic carbocycles. The number of piperazine rings is 1. The van der Waals surface area contributed by atoms with Crippen molar-refractivity contribution >= 4 is 33.2 Å². The second-order valence-corrected chi connectivity index (χ2v) is 9.97. The molecule has 2 fully saturated rings. The first-order chi connectivity index (χ1) is 12.5. The second-order valence-electron chi connectivity index (χ2n) is 6.86. The number of likely N-dealkylation sites (tertiary alicyclic amines) is 1. The van der Waals surface area contributed by atoms with E-state index in [0.717, 1.165) is 0 Å². The van der Waals surface area contributed by atoms with Crippen LogP contribution >= 0.6 is 11.3 Å². The summed E-state index contributed by atoms with van der Waals surface area (Å²) in [6.07, 6.45) is 5.23. The summed E-state index contributed by atoms with van der Waals surface area (Å²) in [6, 6.07) is 3.34. The van der Waals surface area contributed by atoms with Crippen LogP contribution in [0.3, 0.4) is 0 Å². The Morgan fingerprint density at radius 2 is 1.62 bits per heavy atom. The van der Waals surface area contributed by atoms with E-state index in [2.05, 4.69) is 0 Å². The van der Waals surface area contributed by atoms with Crippen LogP contribution in [0.4, 0.5) is 0 Å². The summed E-state index contributed by atoms with van der Waals surface area (Å²) in [7, 11) is -3.44. The van der Waals surface area contributed by atoms with Gasteiger partial charge in [-0.25, -0.2) is 8.42 Å². The maximum absolute atomic E-state index is 12.6. The van der Waals surface area contributed by atoms with Gasteiger partial charge >= 0.3 is 0 Å². The van der Waals surface area contributed by atoms with Crippen LogP contribution in [0.15, 0.2) is 33.9 Å². The van der Waals surface area contributed by atoms with E-state index >= 15 is 0 Å². The molecule has 1 aliphatic carbocycles. The van der Waals surface area contributed by atoms with Crippen LogP contribution in [0, 0.1) is 11.8 Å². The predicted octanol–water partition coefficient (Wildman–Crippen LogP) is 0.963. The molecule has 0 radical (unpaired) electrons. The molecule has 2 saturated heterocycles. The second kappa shape index (κ2) is 6.88. The van der Waals surface area contributed by atoms with Crippen molar-refractivity contribution in [1.29, 1.82) is 0 Å². The van der Waals surface area contributed by atoms with Crippen molar-refractivity contribution < 1.29 is 18.0 Å². The molecule has 9 heteroatoms. The lowest BCUT2D eigenvalue weighted by Crippen LogP contribution is -2.52. The Labute approximate surface area is 156 Å². The first kappa shape index (κ1) is 17.8. The van der Waals surface area contributed by atoms with Crippen LogP contribution in [0.2, 0.25) is 0 Å². The third kappa shape index (κ3) is 3.02. The van der Waals surface area contributed by atoms with Gasteiger partial charge in [-0.05, 0) is 24.3 Å². The van der Waals surface area contributed by atoms with E-state index in [4.69, 9.17) is 0 Å². The molecule has 2 atom stereocenters. The summed E-state index contributed by atoms with van der Waals surface area (Å²) in [6.45, 7) is 2.01. The van der Waals surface area contributed by atoms with E-state index in [1.54, 1.807) is 17.5 Å². The zero-order valence-electron chi connectivity index (χ0n) is 14.3. The molecule has 1 aromatic rings. The van der Waals surface area contributed by atoms with Crippen molar-refractivity contribution in [3.8, 4) is 0 Å². The Morgan fingerprint density at radius 3 is 2.15 bits per heavy atom. The van der Waals surface area contributed by atoms with Gasteiger partial charge in [0.15, 0.2) is 0 Å². The summed E-state index contributed by atoms with van der Waals surface area (Å²) in [5.41, 5.74) is 0. The minimum absolute atomic E-state index is 0.0852. The summed E-state index contributed by atoms with van der Waals surface area (Å²) in [5, 5.41) is 1.75. The van der Waals surface area contributed by atoms with E-state index in [1.165, 1.54) is 20.5 Å². The SMILES string of the molecule is O=C1[C@@H]2CC=CC[C@H]2C(=O)N1CN1CCN(S(=O)(=O)c2cccs2)CC1. The van der Waals surface area contributed by atoms with E-state index in [9.17, 15) is 18.0 Å². The zero-order chi connectivity index (χ0) is 18.3. The number of fused-ring (bicyclic) bond motifs is 1. The minimum Gasteiger partial charge on any atom is -0.283 e. The van der Waals surface area contributed by atoms with Crippen molar-refractivity contribution in [2.24, 2.45) is 11.8 Å². The van der Waals surface area contributed by atoms with Gasteiger partial charge in [0, 0.05) is 26.2 Å². The van der Waals surface area contributed by atoms with Crippen LogP contribution in [-0.4, -0.2) is 67.2 Å². The van der Waals surface area contributed by atoms with E-state index < -0.39 is 10.0 Å². The van der Waals surface area contributed by atoms with Crippen molar-refractivity contribution in [2.45, 2.75) is 17.1 Å². The van der Waals surface area contributed by atoms with Crippen LogP contribution in [0.25, 0.3) is 0 Å². The highest BCUT2D eigenvalue weighted by Crippen LogP contribution is 2.35. The van der Waals surface area contributed by atoms with Gasteiger partial charge in [-0.1, -0.05) is 18.2 Å². The zero-order valence-corrected chi connectivity index (χ0v) is 15.9. The minimum atomic E-state index is -3.44. The molecule has 0 bridgehead atoms. The van der Waals surface area contributed by atoms with Crippen molar-refractivity contribution in [1.82, 2.24) is 14.1 Å². The lowest BCUT2D eigenvalue weighted by molar-refractivity contribution is -0.142. The maximum Gasteiger partial charge on any atom is 0.252 e. The van der Waals surface area contributed by atoms with Gasteiger partial charge in [0.25, 0.3) is 10.0 Å². The van der Waals surface area contributed by atoms with Gasteiger partial charge in [0.1, 0.15) is 4.21 Å². The van der Waals surface area contributed by atoms with Gasteiger partial charge in [0.05, 0.1) is 18.5 Å². The summed E-state index contributed by atoms with van der Waals surface area (Å²) in [4.78, 5) is 28.4. The van der Waals surface area contributed by atoms with E-state index in [0.29, 0.717) is 43.2 Å². The number of amides is 2. The highest BCUT2D eigenvalue weighted by molar-refractivity contribution is 7.91. The highest BCUT2D eigenvalue weighted by atomic mass is 32.2. The molecule has 0 spiro atoms. The number of hydrogen-bond donors (Lipinski definition) is 0. The number of rotatable bonds is 4. The van der Waals surface area contributed by atoms with Crippen molar-refractivity contribution in [2.75, 3.05) is 32.8 Å². The number of thiophene rings is 1. The maximum atomic E-state index is 12.6. The normalized spacial score (nSPS) is 27.9. The molecule has 0 N–H and O–H groups in total. The Kier molecular flexibility index (Phi) is 4.72. The Bertz CT molecular complexity index is 800. The molecule has 3 aliphatic rings. The first-order valence-corrected chi connectivity index (χ1v) is 11.1. The van der Waals surface area contributed by atoms with E-state index in [1.807, 2.05) is 17.1 Å². The lowest BCUT2D eigenvalue weighted by Gasteiger charge is -2.35. The molecular weight excluding hydrogens is 374 g/mol. The third-order valence-corrected chi connectivity index (χ3v) is 8.63. The topological polar surface area (TPSA) is 78.0 Å². The predicted molar refractivity (Wildman–Crippen MR) is 96.7 cm³/mol. The van der Waals surface area contributed by atoms with Crippen molar-refractivity contribution in [3.05, 3.63) is 29.7 Å². The highest BCUT2D eigenvalue weighted by Gasteiger charge is 2.47. The lowest BCUT2D eigenvalue weighted by atomic mass is 9.85. The first-order valence-electron chi connectivity index (χ1n) is 8.75. The average Bonchev–Trinajstić information content (AvgIpc) is 3.27. The molecule has 0 unspecified atom stereocenters. The van der Waals surface area contributed by atoms with Gasteiger partial charge in [-0.3, -0.25) is 19.4 Å². The van der Waals surface area contributed by atoms with Crippen molar-refractivity contribution in [3.63, 3.8) is 0 Å². The molecule has 2 amide bonds. The van der Waals surface area contributed by atoms with Crippen LogP contribution in [0.5, 0.6) is 0 Å². The Morgan fingerprint density at radius 1 is 1.00 bits per heavy atom. The molecule has 0 saturated carbocycles. The fraction of sp³-hybridized carbons (Fsp3) is 0.529.